The van der Waals surface area contributed by atoms with E-state index in [4.69, 9.17) is 5.11 Å². The van der Waals surface area contributed by atoms with E-state index in [0.717, 1.165) is 0 Å². The zero-order valence-electron chi connectivity index (χ0n) is 6.08. The number of hydrogen-bond acceptors (Lipinski definition) is 3. The molecule has 0 heterocycles. The molecule has 62 valence electrons. The van der Waals surface area contributed by atoms with Crippen molar-refractivity contribution in [1.82, 2.24) is 0 Å². The highest BCUT2D eigenvalue weighted by Crippen LogP contribution is 1.91. The molecule has 0 spiro atoms. The predicted octanol–water partition coefficient (Wildman–Crippen LogP) is 1.05. The first-order valence-electron chi connectivity index (χ1n) is 2.90. The van der Waals surface area contributed by atoms with E-state index < -0.39 is 6.04 Å². The van der Waals surface area contributed by atoms with Gasteiger partial charge >= 0.3 is 0 Å². The van der Waals surface area contributed by atoms with E-state index in [1.807, 2.05) is 0 Å². The normalized spacial score (nSPS) is 11.2. The van der Waals surface area contributed by atoms with Crippen LogP contribution in [0.15, 0.2) is 0 Å². The smallest absolute Gasteiger partial charge is 0.219 e. The lowest BCUT2D eigenvalue weighted by atomic mass is 10.4. The summed E-state index contributed by atoms with van der Waals surface area (Å²) in [4.78, 5) is 9.38. The highest BCUT2D eigenvalue weighted by Gasteiger charge is 2.07. The average molecular weight is 214 g/mol. The van der Waals surface area contributed by atoms with Crippen LogP contribution < -0.4 is 0 Å². The summed E-state index contributed by atoms with van der Waals surface area (Å²) in [6.07, 6.45) is 0. The largest absolute Gasteiger partial charge is 0.397 e. The van der Waals surface area contributed by atoms with Gasteiger partial charge in [-0.05, 0) is 6.92 Å². The number of nitrogens with zero attached hydrogens (tertiary/aromatic N) is 1. The monoisotopic (exact) mass is 213 g/mol. The summed E-state index contributed by atoms with van der Waals surface area (Å²) in [5.41, 5.74) is 0. The van der Waals surface area contributed by atoms with E-state index in [-0.39, 0.29) is 11.5 Å². The van der Waals surface area contributed by atoms with Crippen LogP contribution in [-0.2, 0) is 0 Å². The Balaban J connectivity index is 0. The Morgan fingerprint density at radius 3 is 2.10 bits per heavy atom. The van der Waals surface area contributed by atoms with Gasteiger partial charge in [0.05, 0.1) is 5.33 Å². The Morgan fingerprint density at radius 1 is 1.80 bits per heavy atom. The van der Waals surface area contributed by atoms with Crippen LogP contribution in [0.3, 0.4) is 0 Å². The third-order valence-electron chi connectivity index (χ3n) is 0.583. The van der Waals surface area contributed by atoms with Gasteiger partial charge in [-0.15, -0.1) is 0 Å². The molecule has 0 radical (unpaired) electrons. The number of rotatable bonds is 2. The van der Waals surface area contributed by atoms with Crippen LogP contribution in [0, 0.1) is 10.1 Å². The molecule has 0 saturated heterocycles. The van der Waals surface area contributed by atoms with Crippen molar-refractivity contribution in [2.75, 3.05) is 11.9 Å². The molecular weight excluding hydrogens is 202 g/mol. The van der Waals surface area contributed by atoms with Crippen LogP contribution in [0.2, 0.25) is 0 Å². The summed E-state index contributed by atoms with van der Waals surface area (Å²) < 4.78 is 0. The van der Waals surface area contributed by atoms with Gasteiger partial charge in [-0.25, -0.2) is 0 Å². The number of aliphatic hydroxyl groups excluding tert-OH is 1. The van der Waals surface area contributed by atoms with Gasteiger partial charge in [0.2, 0.25) is 6.04 Å². The summed E-state index contributed by atoms with van der Waals surface area (Å²) in [5.74, 6) is 0. The highest BCUT2D eigenvalue weighted by molar-refractivity contribution is 9.09. The molecular formula is C5H12BrNO3. The highest BCUT2D eigenvalue weighted by atomic mass is 79.9. The summed E-state index contributed by atoms with van der Waals surface area (Å²) in [6.45, 7) is 3.48. The summed E-state index contributed by atoms with van der Waals surface area (Å²) in [6, 6.07) is -0.458. The standard InChI is InChI=1S/C3H6BrNO2.C2H6O/c1-3(2-4)5(6)7;1-2-3/h3H,2H2,1H3;3H,2H2,1H3. The number of nitro groups is 1. The van der Waals surface area contributed by atoms with Gasteiger partial charge in [0, 0.05) is 18.5 Å². The predicted molar refractivity (Wildman–Crippen MR) is 43.0 cm³/mol. The van der Waals surface area contributed by atoms with Crippen molar-refractivity contribution in [1.29, 1.82) is 0 Å². The van der Waals surface area contributed by atoms with Crippen molar-refractivity contribution in [3.8, 4) is 0 Å². The Hall–Kier alpha value is -0.160. The fourth-order valence-corrected chi connectivity index (χ4v) is 0.293. The van der Waals surface area contributed by atoms with Crippen molar-refractivity contribution in [2.45, 2.75) is 19.9 Å². The minimum atomic E-state index is -0.458. The van der Waals surface area contributed by atoms with Crippen LogP contribution in [0.4, 0.5) is 0 Å². The Labute approximate surface area is 68.5 Å². The van der Waals surface area contributed by atoms with Gasteiger partial charge in [-0.1, -0.05) is 15.9 Å². The second-order valence-corrected chi connectivity index (χ2v) is 2.25. The number of hydrogen-bond donors (Lipinski definition) is 1. The zero-order valence-corrected chi connectivity index (χ0v) is 7.67. The molecule has 5 heteroatoms. The quantitative estimate of drug-likeness (QED) is 0.424. The van der Waals surface area contributed by atoms with Crippen LogP contribution in [-0.4, -0.2) is 28.0 Å². The van der Waals surface area contributed by atoms with Crippen molar-refractivity contribution < 1.29 is 10.0 Å². The molecule has 0 aliphatic rings. The average Bonchev–Trinajstić information content (AvgIpc) is 1.88. The molecule has 0 aromatic rings. The summed E-state index contributed by atoms with van der Waals surface area (Å²) >= 11 is 2.97. The molecule has 1 atom stereocenters. The lowest BCUT2D eigenvalue weighted by Gasteiger charge is -1.93. The van der Waals surface area contributed by atoms with E-state index in [0.29, 0.717) is 5.33 Å². The Morgan fingerprint density at radius 2 is 2.10 bits per heavy atom. The lowest BCUT2D eigenvalue weighted by molar-refractivity contribution is -0.511. The third kappa shape index (κ3) is 10.8. The van der Waals surface area contributed by atoms with Gasteiger partial charge in [0.15, 0.2) is 0 Å². The van der Waals surface area contributed by atoms with E-state index in [9.17, 15) is 10.1 Å². The molecule has 0 aromatic heterocycles. The van der Waals surface area contributed by atoms with Crippen LogP contribution >= 0.6 is 15.9 Å². The molecule has 1 unspecified atom stereocenters. The second kappa shape index (κ2) is 8.84. The molecule has 4 nitrogen and oxygen atoms in total. The Bertz CT molecular complexity index is 89.0. The minimum Gasteiger partial charge on any atom is -0.397 e. The molecule has 0 bridgehead atoms. The summed E-state index contributed by atoms with van der Waals surface area (Å²) in [7, 11) is 0. The van der Waals surface area contributed by atoms with E-state index >= 15 is 0 Å². The SMILES string of the molecule is CC(CBr)[N+](=O)[O-].CCO. The van der Waals surface area contributed by atoms with E-state index in [1.165, 1.54) is 0 Å². The first kappa shape index (κ1) is 12.5. The van der Waals surface area contributed by atoms with Crippen molar-refractivity contribution in [2.24, 2.45) is 0 Å². The molecule has 1 N–H and O–H groups in total. The molecule has 0 aliphatic heterocycles. The maximum atomic E-state index is 9.71. The fourth-order valence-electron chi connectivity index (χ4n) is 0.0563. The molecule has 0 aliphatic carbocycles. The second-order valence-electron chi connectivity index (χ2n) is 1.60. The van der Waals surface area contributed by atoms with Crippen LogP contribution in [0.5, 0.6) is 0 Å². The van der Waals surface area contributed by atoms with Gasteiger partial charge < -0.3 is 5.11 Å². The van der Waals surface area contributed by atoms with E-state index in [2.05, 4.69) is 15.9 Å². The number of halogens is 1. The maximum Gasteiger partial charge on any atom is 0.219 e. The van der Waals surface area contributed by atoms with E-state index in [1.54, 1.807) is 13.8 Å². The molecule has 0 fully saturated rings. The first-order chi connectivity index (χ1) is 4.59. The zero-order chi connectivity index (χ0) is 8.57. The molecule has 0 saturated carbocycles. The van der Waals surface area contributed by atoms with Crippen LogP contribution in [0.1, 0.15) is 13.8 Å². The van der Waals surface area contributed by atoms with Gasteiger partial charge in [-0.2, -0.15) is 0 Å². The topological polar surface area (TPSA) is 63.4 Å². The minimum absolute atomic E-state index is 0.250. The first-order valence-corrected chi connectivity index (χ1v) is 4.02. The van der Waals surface area contributed by atoms with Gasteiger partial charge in [0.1, 0.15) is 0 Å². The molecule has 0 aromatic carbocycles. The van der Waals surface area contributed by atoms with Crippen LogP contribution in [0.25, 0.3) is 0 Å². The van der Waals surface area contributed by atoms with Gasteiger partial charge in [0.25, 0.3) is 0 Å². The maximum absolute atomic E-state index is 9.71. The molecule has 0 rings (SSSR count). The summed E-state index contributed by atoms with van der Waals surface area (Å²) in [5, 5.41) is 17.7. The third-order valence-corrected chi connectivity index (χ3v) is 1.52. The molecule has 0 amide bonds. The lowest BCUT2D eigenvalue weighted by Crippen LogP contribution is -2.15. The molecule has 10 heavy (non-hydrogen) atoms. The number of alkyl halides is 1. The Kier molecular flexibility index (Phi) is 11.1. The number of aliphatic hydroxyl groups is 1. The van der Waals surface area contributed by atoms with Crippen molar-refractivity contribution in [3.05, 3.63) is 10.1 Å². The van der Waals surface area contributed by atoms with Crippen molar-refractivity contribution >= 4 is 15.9 Å². The fraction of sp³-hybridized carbons (Fsp3) is 1.00. The van der Waals surface area contributed by atoms with Crippen molar-refractivity contribution in [3.63, 3.8) is 0 Å². The van der Waals surface area contributed by atoms with Gasteiger partial charge in [-0.3, -0.25) is 10.1 Å².